The number of nitrogens with one attached hydrogen (secondary N) is 1. The summed E-state index contributed by atoms with van der Waals surface area (Å²) in [5.74, 6) is 1.04. The van der Waals surface area contributed by atoms with Crippen LogP contribution in [0, 0.1) is 0 Å². The lowest BCUT2D eigenvalue weighted by Gasteiger charge is -2.23. The molecule has 1 fully saturated rings. The van der Waals surface area contributed by atoms with Gasteiger partial charge >= 0.3 is 0 Å². The summed E-state index contributed by atoms with van der Waals surface area (Å²) >= 11 is 0. The lowest BCUT2D eigenvalue weighted by molar-refractivity contribution is -0.130. The van der Waals surface area contributed by atoms with Crippen LogP contribution in [0.25, 0.3) is 0 Å². The molecule has 1 aliphatic heterocycles. The van der Waals surface area contributed by atoms with Gasteiger partial charge in [0, 0.05) is 26.7 Å². The maximum absolute atomic E-state index is 11.6. The van der Waals surface area contributed by atoms with E-state index >= 15 is 0 Å². The summed E-state index contributed by atoms with van der Waals surface area (Å²) in [4.78, 5) is 20.0. The van der Waals surface area contributed by atoms with E-state index in [-0.39, 0.29) is 12.5 Å². The number of nitrogens with zero attached hydrogens (tertiary/aromatic N) is 3. The van der Waals surface area contributed by atoms with Crippen molar-refractivity contribution in [3.8, 4) is 5.75 Å². The van der Waals surface area contributed by atoms with Crippen molar-refractivity contribution in [2.24, 2.45) is 10.7 Å². The molecule has 0 saturated carbocycles. The van der Waals surface area contributed by atoms with Crippen LogP contribution >= 0.6 is 0 Å². The van der Waals surface area contributed by atoms with Gasteiger partial charge in [-0.05, 0) is 43.6 Å². The molecule has 1 heterocycles. The van der Waals surface area contributed by atoms with Gasteiger partial charge < -0.3 is 20.7 Å². The van der Waals surface area contributed by atoms with Gasteiger partial charge in [0.15, 0.2) is 12.6 Å². The Bertz CT molecular complexity index is 618. The van der Waals surface area contributed by atoms with Crippen molar-refractivity contribution in [3.05, 3.63) is 29.8 Å². The Hall–Kier alpha value is -2.28. The third-order valence-electron chi connectivity index (χ3n) is 4.62. The number of carbonyl (C=O) groups excluding carboxylic acids is 1. The number of hydrogen-bond acceptors (Lipinski definition) is 4. The number of hydrogen-bond donors (Lipinski definition) is 2. The highest BCUT2D eigenvalue weighted by molar-refractivity contribution is 5.78. The maximum Gasteiger partial charge on any atom is 0.259 e. The van der Waals surface area contributed by atoms with Gasteiger partial charge in [-0.3, -0.25) is 9.69 Å². The lowest BCUT2D eigenvalue weighted by Crippen LogP contribution is -2.42. The van der Waals surface area contributed by atoms with Gasteiger partial charge in [-0.1, -0.05) is 19.1 Å². The minimum Gasteiger partial charge on any atom is -0.484 e. The maximum atomic E-state index is 11.6. The molecule has 0 radical (unpaired) electrons. The van der Waals surface area contributed by atoms with Crippen LogP contribution in [0.15, 0.2) is 29.3 Å². The molecule has 2 rings (SSSR count). The average molecular weight is 361 g/mol. The Morgan fingerprint density at radius 3 is 3.00 bits per heavy atom. The van der Waals surface area contributed by atoms with Gasteiger partial charge in [-0.25, -0.2) is 4.99 Å². The molecule has 1 atom stereocenters. The van der Waals surface area contributed by atoms with Crippen LogP contribution in [-0.2, 0) is 11.3 Å². The summed E-state index contributed by atoms with van der Waals surface area (Å²) < 4.78 is 5.52. The van der Waals surface area contributed by atoms with Crippen LogP contribution < -0.4 is 15.8 Å². The molecule has 1 aromatic rings. The number of rotatable bonds is 8. The predicted octanol–water partition coefficient (Wildman–Crippen LogP) is 1.04. The van der Waals surface area contributed by atoms with Gasteiger partial charge in [-0.2, -0.15) is 0 Å². The van der Waals surface area contributed by atoms with Gasteiger partial charge in [0.05, 0.1) is 6.54 Å². The molecule has 0 bridgehead atoms. The lowest BCUT2D eigenvalue weighted by atomic mass is 10.2. The van der Waals surface area contributed by atoms with Crippen LogP contribution in [-0.4, -0.2) is 68.0 Å². The third-order valence-corrected chi connectivity index (χ3v) is 4.62. The second-order valence-corrected chi connectivity index (χ2v) is 6.73. The van der Waals surface area contributed by atoms with Crippen LogP contribution in [0.5, 0.6) is 5.75 Å². The highest BCUT2D eigenvalue weighted by atomic mass is 16.5. The van der Waals surface area contributed by atoms with Gasteiger partial charge in [0.1, 0.15) is 5.75 Å². The first-order chi connectivity index (χ1) is 12.5. The topological polar surface area (TPSA) is 83.2 Å². The van der Waals surface area contributed by atoms with Gasteiger partial charge in [0.25, 0.3) is 5.91 Å². The highest BCUT2D eigenvalue weighted by Gasteiger charge is 2.22. The Morgan fingerprint density at radius 1 is 1.46 bits per heavy atom. The molecule has 7 heteroatoms. The van der Waals surface area contributed by atoms with E-state index in [1.807, 2.05) is 24.3 Å². The molecule has 1 aliphatic rings. The summed E-state index contributed by atoms with van der Waals surface area (Å²) in [5, 5.41) is 3.23. The first kappa shape index (κ1) is 20.0. The first-order valence-electron chi connectivity index (χ1n) is 9.19. The third kappa shape index (κ3) is 6.22. The van der Waals surface area contributed by atoms with E-state index in [0.717, 1.165) is 18.7 Å². The summed E-state index contributed by atoms with van der Waals surface area (Å²) in [6.07, 6.45) is 2.46. The van der Waals surface area contributed by atoms with Crippen LogP contribution in [0.3, 0.4) is 0 Å². The molecule has 144 valence electrons. The smallest absolute Gasteiger partial charge is 0.259 e. The number of nitrogens with two attached hydrogens (primary N) is 1. The zero-order valence-electron chi connectivity index (χ0n) is 16.1. The van der Waals surface area contributed by atoms with E-state index in [0.29, 0.717) is 24.3 Å². The zero-order chi connectivity index (χ0) is 18.9. The molecule has 26 heavy (non-hydrogen) atoms. The number of benzene rings is 1. The molecule has 1 amide bonds. The molecule has 1 unspecified atom stereocenters. The number of likely N-dealkylation sites (tertiary alicyclic amines) is 1. The molecule has 1 aromatic carbocycles. The summed E-state index contributed by atoms with van der Waals surface area (Å²) in [6, 6.07) is 8.11. The minimum atomic E-state index is -0.0742. The second-order valence-electron chi connectivity index (χ2n) is 6.73. The fraction of sp³-hybridized carbons (Fsp3) is 0.579. The molecule has 0 aromatic heterocycles. The predicted molar refractivity (Wildman–Crippen MR) is 104 cm³/mol. The summed E-state index contributed by atoms with van der Waals surface area (Å²) in [5.41, 5.74) is 6.98. The largest absolute Gasteiger partial charge is 0.484 e. The SMILES string of the molecule is CCN1CCCC1CNC(N)=NCc1cccc(OCC(=O)N(C)C)c1. The van der Waals surface area contributed by atoms with E-state index in [9.17, 15) is 4.79 Å². The van der Waals surface area contributed by atoms with Crippen LogP contribution in [0.1, 0.15) is 25.3 Å². The molecule has 3 N–H and O–H groups in total. The zero-order valence-corrected chi connectivity index (χ0v) is 16.1. The Balaban J connectivity index is 1.81. The van der Waals surface area contributed by atoms with E-state index in [2.05, 4.69) is 22.1 Å². The first-order valence-corrected chi connectivity index (χ1v) is 9.19. The van der Waals surface area contributed by atoms with Crippen molar-refractivity contribution in [2.45, 2.75) is 32.4 Å². The Kier molecular flexibility index (Phi) is 7.72. The van der Waals surface area contributed by atoms with E-state index in [4.69, 9.17) is 10.5 Å². The van der Waals surface area contributed by atoms with Crippen molar-refractivity contribution in [1.29, 1.82) is 0 Å². The van der Waals surface area contributed by atoms with Crippen molar-refractivity contribution >= 4 is 11.9 Å². The molecule has 0 spiro atoms. The van der Waals surface area contributed by atoms with Gasteiger partial charge in [-0.15, -0.1) is 0 Å². The Labute approximate surface area is 156 Å². The van der Waals surface area contributed by atoms with Crippen molar-refractivity contribution in [1.82, 2.24) is 15.1 Å². The number of guanidine groups is 1. The molecule has 0 aliphatic carbocycles. The quantitative estimate of drug-likeness (QED) is 0.534. The number of likely N-dealkylation sites (N-methyl/N-ethyl adjacent to an activating group) is 2. The fourth-order valence-corrected chi connectivity index (χ4v) is 3.01. The Morgan fingerprint density at radius 2 is 2.27 bits per heavy atom. The number of carbonyl (C=O) groups is 1. The van der Waals surface area contributed by atoms with Crippen LogP contribution in [0.2, 0.25) is 0 Å². The van der Waals surface area contributed by atoms with E-state index < -0.39 is 0 Å². The normalized spacial score (nSPS) is 18.0. The molecular weight excluding hydrogens is 330 g/mol. The average Bonchev–Trinajstić information content (AvgIpc) is 3.10. The van der Waals surface area contributed by atoms with Gasteiger partial charge in [0.2, 0.25) is 0 Å². The summed E-state index contributed by atoms with van der Waals surface area (Å²) in [6.45, 7) is 5.77. The molecule has 1 saturated heterocycles. The minimum absolute atomic E-state index is 0.0265. The number of aliphatic imine (C=N–C) groups is 1. The summed E-state index contributed by atoms with van der Waals surface area (Å²) in [7, 11) is 3.41. The molecule has 7 nitrogen and oxygen atoms in total. The van der Waals surface area contributed by atoms with Crippen molar-refractivity contribution < 1.29 is 9.53 Å². The standard InChI is InChI=1S/C19H31N5O2/c1-4-24-10-6-8-16(24)13-22-19(20)21-12-15-7-5-9-17(11-15)26-14-18(25)23(2)3/h5,7,9,11,16H,4,6,8,10,12-14H2,1-3H3,(H3,20,21,22). The number of amides is 1. The van der Waals surface area contributed by atoms with Crippen molar-refractivity contribution in [3.63, 3.8) is 0 Å². The van der Waals surface area contributed by atoms with E-state index in [1.54, 1.807) is 14.1 Å². The fourth-order valence-electron chi connectivity index (χ4n) is 3.01. The molecular formula is C19H31N5O2. The van der Waals surface area contributed by atoms with Crippen LogP contribution in [0.4, 0.5) is 0 Å². The number of ether oxygens (including phenoxy) is 1. The second kappa shape index (κ2) is 10.0. The highest BCUT2D eigenvalue weighted by Crippen LogP contribution is 2.16. The van der Waals surface area contributed by atoms with E-state index in [1.165, 1.54) is 24.3 Å². The monoisotopic (exact) mass is 361 g/mol. The van der Waals surface area contributed by atoms with Crippen molar-refractivity contribution in [2.75, 3.05) is 40.3 Å².